The fourth-order valence-corrected chi connectivity index (χ4v) is 2.24. The van der Waals surface area contributed by atoms with Crippen molar-refractivity contribution in [3.05, 3.63) is 81.5 Å². The lowest BCUT2D eigenvalue weighted by Crippen LogP contribution is -2.17. The van der Waals surface area contributed by atoms with Crippen molar-refractivity contribution < 1.29 is 9.59 Å². The molecule has 0 atom stereocenters. The van der Waals surface area contributed by atoms with Crippen molar-refractivity contribution in [3.8, 4) is 0 Å². The molecule has 0 aliphatic carbocycles. The summed E-state index contributed by atoms with van der Waals surface area (Å²) in [6.45, 7) is 0. The number of ketones is 2. The number of halogens is 2. The molecule has 2 aromatic carbocycles. The third-order valence-corrected chi connectivity index (χ3v) is 3.59. The van der Waals surface area contributed by atoms with Crippen LogP contribution in [0.4, 0.5) is 0 Å². The van der Waals surface area contributed by atoms with Gasteiger partial charge >= 0.3 is 0 Å². The molecule has 0 aromatic heterocycles. The van der Waals surface area contributed by atoms with Crippen LogP contribution >= 0.6 is 23.2 Å². The van der Waals surface area contributed by atoms with E-state index in [0.29, 0.717) is 21.2 Å². The van der Waals surface area contributed by atoms with Crippen molar-refractivity contribution in [1.29, 1.82) is 0 Å². The molecule has 3 nitrogen and oxygen atoms in total. The van der Waals surface area contributed by atoms with E-state index in [1.165, 1.54) is 6.20 Å². The van der Waals surface area contributed by atoms with Gasteiger partial charge in [0.15, 0.2) is 11.6 Å². The quantitative estimate of drug-likeness (QED) is 0.345. The lowest BCUT2D eigenvalue weighted by molar-refractivity contribution is 0.0960. The Morgan fingerprint density at radius 3 is 1.43 bits per heavy atom. The van der Waals surface area contributed by atoms with Gasteiger partial charge in [-0.15, -0.1) is 0 Å². The summed E-state index contributed by atoms with van der Waals surface area (Å²) < 4.78 is 0. The smallest absolute Gasteiger partial charge is 0.198 e. The molecule has 0 amide bonds. The number of carbonyl (C=O) groups is 2. The summed E-state index contributed by atoms with van der Waals surface area (Å²) in [5.74, 6) is -0.703. The van der Waals surface area contributed by atoms with Gasteiger partial charge in [-0.2, -0.15) is 0 Å². The highest BCUT2D eigenvalue weighted by Crippen LogP contribution is 2.18. The molecule has 0 saturated heterocycles. The zero-order valence-corrected chi connectivity index (χ0v) is 14.2. The van der Waals surface area contributed by atoms with E-state index in [1.54, 1.807) is 67.5 Å². The first-order valence-electron chi connectivity index (χ1n) is 6.87. The molecule has 23 heavy (non-hydrogen) atoms. The molecular weight excluding hydrogens is 333 g/mol. The third kappa shape index (κ3) is 4.44. The van der Waals surface area contributed by atoms with E-state index in [1.807, 2.05) is 0 Å². The summed E-state index contributed by atoms with van der Waals surface area (Å²) in [6, 6.07) is 12.9. The van der Waals surface area contributed by atoms with Gasteiger partial charge in [-0.3, -0.25) is 9.59 Å². The summed E-state index contributed by atoms with van der Waals surface area (Å²) in [4.78, 5) is 27.0. The molecule has 118 valence electrons. The molecule has 2 rings (SSSR count). The van der Waals surface area contributed by atoms with Crippen LogP contribution in [0, 0.1) is 0 Å². The lowest BCUT2D eigenvalue weighted by Gasteiger charge is -2.11. The van der Waals surface area contributed by atoms with Gasteiger partial charge in [-0.1, -0.05) is 23.2 Å². The predicted octanol–water partition coefficient (Wildman–Crippen LogP) is 4.50. The van der Waals surface area contributed by atoms with Crippen molar-refractivity contribution in [3.63, 3.8) is 0 Å². The summed E-state index contributed by atoms with van der Waals surface area (Å²) in [7, 11) is 3.51. The summed E-state index contributed by atoms with van der Waals surface area (Å²) in [5, 5.41) is 1.06. The second kappa shape index (κ2) is 7.44. The molecule has 0 bridgehead atoms. The van der Waals surface area contributed by atoms with Crippen LogP contribution in [0.5, 0.6) is 0 Å². The number of nitrogens with zero attached hydrogens (tertiary/aromatic N) is 1. The Morgan fingerprint density at radius 1 is 0.783 bits per heavy atom. The summed E-state index contributed by atoms with van der Waals surface area (Å²) in [5.41, 5.74) is 0.897. The van der Waals surface area contributed by atoms with Gasteiger partial charge < -0.3 is 4.90 Å². The van der Waals surface area contributed by atoms with Crippen molar-refractivity contribution in [2.24, 2.45) is 0 Å². The molecule has 0 saturated carbocycles. The number of rotatable bonds is 5. The average Bonchev–Trinajstić information content (AvgIpc) is 2.52. The highest BCUT2D eigenvalue weighted by molar-refractivity contribution is 6.33. The average molecular weight is 348 g/mol. The maximum absolute atomic E-state index is 12.7. The molecule has 5 heteroatoms. The monoisotopic (exact) mass is 347 g/mol. The van der Waals surface area contributed by atoms with Crippen LogP contribution in [-0.4, -0.2) is 30.6 Å². The number of allylic oxidation sites excluding steroid dienone is 1. The second-order valence-corrected chi connectivity index (χ2v) is 6.05. The van der Waals surface area contributed by atoms with Crippen LogP contribution in [0.15, 0.2) is 60.3 Å². The fraction of sp³-hybridized carbons (Fsp3) is 0.111. The lowest BCUT2D eigenvalue weighted by atomic mass is 9.96. The SMILES string of the molecule is CN(C)C=C(C(=O)c1ccc(Cl)cc1)C(=O)c1ccc(Cl)cc1. The van der Waals surface area contributed by atoms with Crippen LogP contribution in [0.25, 0.3) is 0 Å². The standard InChI is InChI=1S/C18H15Cl2NO2/c1-21(2)11-16(17(22)12-3-7-14(19)8-4-12)18(23)13-5-9-15(20)10-6-13/h3-11H,1-2H3. The van der Waals surface area contributed by atoms with Gasteiger partial charge in [0, 0.05) is 41.5 Å². The fourth-order valence-electron chi connectivity index (χ4n) is 1.99. The number of hydrogen-bond donors (Lipinski definition) is 0. The number of hydrogen-bond acceptors (Lipinski definition) is 3. The van der Waals surface area contributed by atoms with Crippen LogP contribution in [0.1, 0.15) is 20.7 Å². The zero-order valence-electron chi connectivity index (χ0n) is 12.7. The minimum atomic E-state index is -0.352. The van der Waals surface area contributed by atoms with Gasteiger partial charge in [0.1, 0.15) is 0 Å². The Kier molecular flexibility index (Phi) is 5.59. The summed E-state index contributed by atoms with van der Waals surface area (Å²) in [6.07, 6.45) is 1.52. The van der Waals surface area contributed by atoms with Crippen molar-refractivity contribution in [2.45, 2.75) is 0 Å². The maximum Gasteiger partial charge on any atom is 0.198 e. The molecule has 2 aromatic rings. The Labute approximate surface area is 145 Å². The van der Waals surface area contributed by atoms with E-state index in [-0.39, 0.29) is 17.1 Å². The van der Waals surface area contributed by atoms with Crippen molar-refractivity contribution in [2.75, 3.05) is 14.1 Å². The molecule has 0 fully saturated rings. The van der Waals surface area contributed by atoms with E-state index in [4.69, 9.17) is 23.2 Å². The normalized spacial score (nSPS) is 10.1. The van der Waals surface area contributed by atoms with Gasteiger partial charge in [0.05, 0.1) is 5.57 Å². The number of Topliss-reactive ketones (excluding diaryl/α,β-unsaturated/α-hetero) is 2. The molecule has 0 aliphatic rings. The van der Waals surface area contributed by atoms with Crippen molar-refractivity contribution in [1.82, 2.24) is 4.90 Å². The summed E-state index contributed by atoms with van der Waals surface area (Å²) >= 11 is 11.7. The Balaban J connectivity index is 2.41. The molecular formula is C18H15Cl2NO2. The van der Waals surface area contributed by atoms with Gasteiger partial charge in [0.2, 0.25) is 0 Å². The molecule has 0 heterocycles. The predicted molar refractivity (Wildman–Crippen MR) is 93.3 cm³/mol. The van der Waals surface area contributed by atoms with Crippen LogP contribution < -0.4 is 0 Å². The van der Waals surface area contributed by atoms with Gasteiger partial charge in [0.25, 0.3) is 0 Å². The first-order chi connectivity index (χ1) is 10.9. The van der Waals surface area contributed by atoms with Gasteiger partial charge in [-0.25, -0.2) is 0 Å². The Bertz CT molecular complexity index is 688. The van der Waals surface area contributed by atoms with E-state index >= 15 is 0 Å². The highest BCUT2D eigenvalue weighted by Gasteiger charge is 2.21. The number of carbonyl (C=O) groups excluding carboxylic acids is 2. The highest BCUT2D eigenvalue weighted by atomic mass is 35.5. The van der Waals surface area contributed by atoms with Crippen molar-refractivity contribution >= 4 is 34.8 Å². The number of benzene rings is 2. The Hall–Kier alpha value is -2.10. The first kappa shape index (κ1) is 17.3. The maximum atomic E-state index is 12.7. The topological polar surface area (TPSA) is 37.4 Å². The molecule has 0 unspecified atom stereocenters. The van der Waals surface area contributed by atoms with E-state index in [9.17, 15) is 9.59 Å². The molecule has 0 aliphatic heterocycles. The molecule has 0 N–H and O–H groups in total. The first-order valence-corrected chi connectivity index (χ1v) is 7.63. The molecule has 0 spiro atoms. The van der Waals surface area contributed by atoms with E-state index in [2.05, 4.69) is 0 Å². The van der Waals surface area contributed by atoms with Crippen LogP contribution in [0.3, 0.4) is 0 Å². The van der Waals surface area contributed by atoms with Crippen LogP contribution in [0.2, 0.25) is 10.0 Å². The van der Waals surface area contributed by atoms with E-state index in [0.717, 1.165) is 0 Å². The third-order valence-electron chi connectivity index (χ3n) is 3.09. The minimum absolute atomic E-state index is 0.0830. The molecule has 0 radical (unpaired) electrons. The van der Waals surface area contributed by atoms with Crippen LogP contribution in [-0.2, 0) is 0 Å². The van der Waals surface area contributed by atoms with E-state index < -0.39 is 0 Å². The largest absolute Gasteiger partial charge is 0.383 e. The second-order valence-electron chi connectivity index (χ2n) is 5.18. The minimum Gasteiger partial charge on any atom is -0.383 e. The Morgan fingerprint density at radius 2 is 1.13 bits per heavy atom. The zero-order chi connectivity index (χ0) is 17.0. The van der Waals surface area contributed by atoms with Gasteiger partial charge in [-0.05, 0) is 48.5 Å².